The summed E-state index contributed by atoms with van der Waals surface area (Å²) in [7, 11) is -3.45. The molecule has 0 saturated carbocycles. The van der Waals surface area contributed by atoms with Gasteiger partial charge in [0.2, 0.25) is 5.91 Å². The smallest absolute Gasteiger partial charge is 0.240 e. The molecule has 1 aromatic carbocycles. The monoisotopic (exact) mass is 391 g/mol. The van der Waals surface area contributed by atoms with Crippen LogP contribution in [0.25, 0.3) is 5.69 Å². The lowest BCUT2D eigenvalue weighted by atomic mass is 9.92. The second kappa shape index (κ2) is 7.84. The molecule has 2 rings (SSSR count). The molecule has 0 atom stereocenters. The number of nitrogens with zero attached hydrogens (tertiary/aromatic N) is 2. The van der Waals surface area contributed by atoms with Gasteiger partial charge in [0.05, 0.1) is 17.1 Å². The SMILES string of the molecule is Cc1ccccc1-n1nc(C(C)(C)C)cc1NC(=O)CS(=O)(=O)CC(C)C. The number of hydrogen-bond acceptors (Lipinski definition) is 4. The molecule has 148 valence electrons. The van der Waals surface area contributed by atoms with Gasteiger partial charge >= 0.3 is 0 Å². The van der Waals surface area contributed by atoms with E-state index in [-0.39, 0.29) is 17.1 Å². The molecule has 0 unspecified atom stereocenters. The number of amides is 1. The number of rotatable bonds is 6. The van der Waals surface area contributed by atoms with Gasteiger partial charge in [0, 0.05) is 11.5 Å². The van der Waals surface area contributed by atoms with E-state index >= 15 is 0 Å². The molecule has 2 aromatic rings. The Morgan fingerprint density at radius 3 is 2.41 bits per heavy atom. The van der Waals surface area contributed by atoms with E-state index in [1.807, 2.05) is 65.8 Å². The van der Waals surface area contributed by atoms with E-state index < -0.39 is 21.5 Å². The summed E-state index contributed by atoms with van der Waals surface area (Å²) in [5, 5.41) is 7.40. The molecule has 7 heteroatoms. The Labute approximate surface area is 161 Å². The number of carbonyl (C=O) groups is 1. The highest BCUT2D eigenvalue weighted by molar-refractivity contribution is 7.92. The first-order valence-electron chi connectivity index (χ1n) is 9.06. The van der Waals surface area contributed by atoms with Gasteiger partial charge in [-0.2, -0.15) is 5.10 Å². The van der Waals surface area contributed by atoms with E-state index in [9.17, 15) is 13.2 Å². The molecule has 0 aliphatic heterocycles. The van der Waals surface area contributed by atoms with Crippen molar-refractivity contribution in [3.05, 3.63) is 41.6 Å². The Bertz CT molecular complexity index is 922. The third-order valence-corrected chi connectivity index (χ3v) is 5.90. The van der Waals surface area contributed by atoms with E-state index in [1.54, 1.807) is 10.7 Å². The van der Waals surface area contributed by atoms with Crippen molar-refractivity contribution in [2.45, 2.75) is 47.0 Å². The standard InChI is InChI=1S/C20H29N3O3S/c1-14(2)12-27(25,26)13-19(24)21-18-11-17(20(4,5)6)22-23(18)16-10-8-7-9-15(16)3/h7-11,14H,12-13H2,1-6H3,(H,21,24). The Morgan fingerprint density at radius 2 is 1.85 bits per heavy atom. The lowest BCUT2D eigenvalue weighted by molar-refractivity contribution is -0.113. The number of benzene rings is 1. The lowest BCUT2D eigenvalue weighted by Crippen LogP contribution is -2.27. The molecular weight excluding hydrogens is 362 g/mol. The molecule has 0 aliphatic carbocycles. The highest BCUT2D eigenvalue weighted by atomic mass is 32.2. The van der Waals surface area contributed by atoms with Crippen molar-refractivity contribution in [3.8, 4) is 5.69 Å². The summed E-state index contributed by atoms with van der Waals surface area (Å²) in [6.45, 7) is 11.7. The highest BCUT2D eigenvalue weighted by Crippen LogP contribution is 2.27. The summed E-state index contributed by atoms with van der Waals surface area (Å²) in [4.78, 5) is 12.4. The van der Waals surface area contributed by atoms with Gasteiger partial charge in [0.25, 0.3) is 0 Å². The summed E-state index contributed by atoms with van der Waals surface area (Å²) in [6.07, 6.45) is 0. The number of para-hydroxylation sites is 1. The van der Waals surface area contributed by atoms with Crippen molar-refractivity contribution in [3.63, 3.8) is 0 Å². The molecule has 0 spiro atoms. The van der Waals surface area contributed by atoms with Gasteiger partial charge in [-0.05, 0) is 24.5 Å². The first kappa shape index (κ1) is 21.2. The number of carbonyl (C=O) groups excluding carboxylic acids is 1. The minimum absolute atomic E-state index is 0.00921. The van der Waals surface area contributed by atoms with E-state index in [4.69, 9.17) is 0 Å². The van der Waals surface area contributed by atoms with Crippen LogP contribution < -0.4 is 5.32 Å². The topological polar surface area (TPSA) is 81.1 Å². The van der Waals surface area contributed by atoms with Gasteiger partial charge in [0.1, 0.15) is 11.6 Å². The molecule has 1 N–H and O–H groups in total. The zero-order chi connectivity index (χ0) is 20.4. The Kier molecular flexibility index (Phi) is 6.14. The maximum atomic E-state index is 12.4. The van der Waals surface area contributed by atoms with Gasteiger partial charge in [0.15, 0.2) is 9.84 Å². The van der Waals surface area contributed by atoms with Crippen molar-refractivity contribution in [2.24, 2.45) is 5.92 Å². The van der Waals surface area contributed by atoms with Gasteiger partial charge in [-0.25, -0.2) is 13.1 Å². The molecule has 1 amide bonds. The Morgan fingerprint density at radius 1 is 1.22 bits per heavy atom. The minimum atomic E-state index is -3.45. The van der Waals surface area contributed by atoms with Crippen LogP contribution in [0.3, 0.4) is 0 Å². The highest BCUT2D eigenvalue weighted by Gasteiger charge is 2.24. The summed E-state index contributed by atoms with van der Waals surface area (Å²) in [5.41, 5.74) is 2.44. The van der Waals surface area contributed by atoms with Crippen LogP contribution in [0.1, 0.15) is 45.9 Å². The molecule has 1 heterocycles. The van der Waals surface area contributed by atoms with Crippen molar-refractivity contribution < 1.29 is 13.2 Å². The maximum absolute atomic E-state index is 12.4. The fourth-order valence-electron chi connectivity index (χ4n) is 2.77. The second-order valence-electron chi connectivity index (χ2n) is 8.36. The van der Waals surface area contributed by atoms with Gasteiger partial charge in [-0.3, -0.25) is 4.79 Å². The van der Waals surface area contributed by atoms with Crippen molar-refractivity contribution in [1.29, 1.82) is 0 Å². The first-order valence-corrected chi connectivity index (χ1v) is 10.9. The van der Waals surface area contributed by atoms with Crippen LogP contribution >= 0.6 is 0 Å². The average molecular weight is 392 g/mol. The predicted molar refractivity (Wildman–Crippen MR) is 109 cm³/mol. The largest absolute Gasteiger partial charge is 0.310 e. The number of hydrogen-bond donors (Lipinski definition) is 1. The number of aromatic nitrogens is 2. The maximum Gasteiger partial charge on any atom is 0.240 e. The Hall–Kier alpha value is -2.15. The second-order valence-corrected chi connectivity index (χ2v) is 10.5. The molecular formula is C20H29N3O3S. The molecule has 27 heavy (non-hydrogen) atoms. The van der Waals surface area contributed by atoms with E-state index in [2.05, 4.69) is 10.4 Å². The normalized spacial score (nSPS) is 12.4. The van der Waals surface area contributed by atoms with Crippen LogP contribution in [-0.2, 0) is 20.0 Å². The molecule has 6 nitrogen and oxygen atoms in total. The van der Waals surface area contributed by atoms with Crippen LogP contribution in [0.5, 0.6) is 0 Å². The molecule has 0 bridgehead atoms. The lowest BCUT2D eigenvalue weighted by Gasteiger charge is -2.14. The third-order valence-electron chi connectivity index (χ3n) is 4.03. The molecule has 0 radical (unpaired) electrons. The van der Waals surface area contributed by atoms with Crippen LogP contribution in [0.4, 0.5) is 5.82 Å². The van der Waals surface area contributed by atoms with Crippen LogP contribution in [0.2, 0.25) is 0 Å². The number of aryl methyl sites for hydroxylation is 1. The average Bonchev–Trinajstić information content (AvgIpc) is 2.89. The third kappa shape index (κ3) is 5.66. The summed E-state index contributed by atoms with van der Waals surface area (Å²) >= 11 is 0. The van der Waals surface area contributed by atoms with Crippen LogP contribution in [0.15, 0.2) is 30.3 Å². The zero-order valence-electron chi connectivity index (χ0n) is 16.9. The van der Waals surface area contributed by atoms with Crippen LogP contribution in [-0.4, -0.2) is 35.6 Å². The molecule has 1 aromatic heterocycles. The van der Waals surface area contributed by atoms with Gasteiger partial charge in [-0.15, -0.1) is 0 Å². The number of anilines is 1. The quantitative estimate of drug-likeness (QED) is 0.817. The first-order chi connectivity index (χ1) is 12.4. The van der Waals surface area contributed by atoms with Crippen molar-refractivity contribution in [1.82, 2.24) is 9.78 Å². The molecule has 0 fully saturated rings. The number of sulfone groups is 1. The fourth-order valence-corrected chi connectivity index (χ4v) is 4.37. The van der Waals surface area contributed by atoms with Gasteiger partial charge in [-0.1, -0.05) is 52.8 Å². The molecule has 0 saturated heterocycles. The van der Waals surface area contributed by atoms with Gasteiger partial charge < -0.3 is 5.32 Å². The van der Waals surface area contributed by atoms with Crippen LogP contribution in [0, 0.1) is 12.8 Å². The summed E-state index contributed by atoms with van der Waals surface area (Å²) in [6, 6.07) is 9.52. The fraction of sp³-hybridized carbons (Fsp3) is 0.500. The predicted octanol–water partition coefficient (Wildman–Crippen LogP) is 3.49. The minimum Gasteiger partial charge on any atom is -0.310 e. The number of nitrogens with one attached hydrogen (secondary N) is 1. The van der Waals surface area contributed by atoms with Crippen molar-refractivity contribution in [2.75, 3.05) is 16.8 Å². The molecule has 0 aliphatic rings. The summed E-state index contributed by atoms with van der Waals surface area (Å²) < 4.78 is 25.9. The zero-order valence-corrected chi connectivity index (χ0v) is 17.7. The Balaban J connectivity index is 2.37. The van der Waals surface area contributed by atoms with Crippen molar-refractivity contribution >= 4 is 21.6 Å². The van der Waals surface area contributed by atoms with E-state index in [1.165, 1.54) is 0 Å². The van der Waals surface area contributed by atoms with E-state index in [0.29, 0.717) is 5.82 Å². The summed E-state index contributed by atoms with van der Waals surface area (Å²) in [5.74, 6) is -0.641. The van der Waals surface area contributed by atoms with E-state index in [0.717, 1.165) is 16.9 Å².